The lowest BCUT2D eigenvalue weighted by atomic mass is 9.79. The van der Waals surface area contributed by atoms with Crippen LogP contribution in [0.1, 0.15) is 24.8 Å². The molecule has 4 rings (SSSR count). The van der Waals surface area contributed by atoms with Gasteiger partial charge in [0.1, 0.15) is 0 Å². The van der Waals surface area contributed by atoms with Crippen LogP contribution in [0.5, 0.6) is 0 Å². The summed E-state index contributed by atoms with van der Waals surface area (Å²) < 4.78 is 0. The van der Waals surface area contributed by atoms with Gasteiger partial charge in [-0.25, -0.2) is 0 Å². The van der Waals surface area contributed by atoms with Crippen LogP contribution in [-0.2, 0) is 6.54 Å². The van der Waals surface area contributed by atoms with Crippen LogP contribution < -0.4 is 0 Å². The highest BCUT2D eigenvalue weighted by atomic mass is 32.1. The molecule has 2 saturated heterocycles. The number of hydrogen-bond donors (Lipinski definition) is 0. The molecule has 1 aliphatic carbocycles. The molecule has 1 aromatic heterocycles. The van der Waals surface area contributed by atoms with Crippen molar-refractivity contribution in [2.45, 2.75) is 25.8 Å². The zero-order chi connectivity index (χ0) is 12.0. The van der Waals surface area contributed by atoms with E-state index in [4.69, 9.17) is 0 Å². The Labute approximate surface area is 114 Å². The molecule has 0 bridgehead atoms. The SMILES string of the molecule is c1cc(CN2CCC3(C2)CN(CC2CC2)C3)cs1. The van der Waals surface area contributed by atoms with E-state index in [2.05, 4.69) is 26.6 Å². The molecular formula is C15H22N2S. The summed E-state index contributed by atoms with van der Waals surface area (Å²) >= 11 is 1.82. The third-order valence-electron chi connectivity index (χ3n) is 4.84. The molecule has 18 heavy (non-hydrogen) atoms. The third kappa shape index (κ3) is 2.24. The zero-order valence-electron chi connectivity index (χ0n) is 11.0. The van der Waals surface area contributed by atoms with E-state index in [1.54, 1.807) is 0 Å². The van der Waals surface area contributed by atoms with E-state index in [1.165, 1.54) is 64.1 Å². The standard InChI is InChI=1S/C15H22N2S/c1-2-13(1)7-17-11-15(12-17)4-5-16(10-15)8-14-3-6-18-9-14/h3,6,9,13H,1-2,4-5,7-8,10-12H2. The monoisotopic (exact) mass is 262 g/mol. The highest BCUT2D eigenvalue weighted by Gasteiger charge is 2.48. The van der Waals surface area contributed by atoms with E-state index in [0.29, 0.717) is 5.41 Å². The molecule has 1 saturated carbocycles. The van der Waals surface area contributed by atoms with E-state index in [9.17, 15) is 0 Å². The molecule has 3 heteroatoms. The predicted molar refractivity (Wildman–Crippen MR) is 75.8 cm³/mol. The highest BCUT2D eigenvalue weighted by molar-refractivity contribution is 7.07. The molecule has 98 valence electrons. The predicted octanol–water partition coefficient (Wildman–Crippen LogP) is 2.67. The molecule has 1 spiro atoms. The average Bonchev–Trinajstić information content (AvgIpc) is 2.83. The summed E-state index contributed by atoms with van der Waals surface area (Å²) in [5, 5.41) is 4.49. The molecule has 0 radical (unpaired) electrons. The van der Waals surface area contributed by atoms with Crippen LogP contribution in [0, 0.1) is 11.3 Å². The van der Waals surface area contributed by atoms with Gasteiger partial charge in [-0.05, 0) is 54.1 Å². The van der Waals surface area contributed by atoms with Gasteiger partial charge in [0.25, 0.3) is 0 Å². The number of nitrogens with zero attached hydrogens (tertiary/aromatic N) is 2. The van der Waals surface area contributed by atoms with E-state index >= 15 is 0 Å². The lowest BCUT2D eigenvalue weighted by Crippen LogP contribution is -2.57. The first-order valence-corrected chi connectivity index (χ1v) is 8.21. The molecule has 0 aromatic carbocycles. The van der Waals surface area contributed by atoms with Crippen molar-refractivity contribution in [3.8, 4) is 0 Å². The second kappa shape index (κ2) is 4.32. The number of hydrogen-bond acceptors (Lipinski definition) is 3. The van der Waals surface area contributed by atoms with Crippen LogP contribution >= 0.6 is 11.3 Å². The summed E-state index contributed by atoms with van der Waals surface area (Å²) in [6.45, 7) is 7.98. The van der Waals surface area contributed by atoms with E-state index in [0.717, 1.165) is 5.92 Å². The first-order valence-electron chi connectivity index (χ1n) is 7.27. The topological polar surface area (TPSA) is 6.48 Å². The van der Waals surface area contributed by atoms with Crippen LogP contribution in [0.15, 0.2) is 16.8 Å². The lowest BCUT2D eigenvalue weighted by Gasteiger charge is -2.48. The summed E-state index contributed by atoms with van der Waals surface area (Å²) in [5.74, 6) is 1.06. The van der Waals surface area contributed by atoms with Gasteiger partial charge in [-0.1, -0.05) is 0 Å². The van der Waals surface area contributed by atoms with Crippen molar-refractivity contribution in [3.05, 3.63) is 22.4 Å². The average molecular weight is 262 g/mol. The van der Waals surface area contributed by atoms with Gasteiger partial charge in [-0.2, -0.15) is 11.3 Å². The Hall–Kier alpha value is -0.380. The first-order chi connectivity index (χ1) is 8.81. The number of thiophene rings is 1. The fourth-order valence-corrected chi connectivity index (χ4v) is 4.42. The lowest BCUT2D eigenvalue weighted by molar-refractivity contribution is 0.00476. The van der Waals surface area contributed by atoms with E-state index < -0.39 is 0 Å². The largest absolute Gasteiger partial charge is 0.302 e. The van der Waals surface area contributed by atoms with Crippen LogP contribution in [0.3, 0.4) is 0 Å². The van der Waals surface area contributed by atoms with Crippen LogP contribution in [-0.4, -0.2) is 42.5 Å². The Morgan fingerprint density at radius 1 is 1.22 bits per heavy atom. The quantitative estimate of drug-likeness (QED) is 0.823. The van der Waals surface area contributed by atoms with Gasteiger partial charge >= 0.3 is 0 Å². The molecule has 2 aliphatic heterocycles. The van der Waals surface area contributed by atoms with Gasteiger partial charge in [-0.3, -0.25) is 4.90 Å². The number of likely N-dealkylation sites (tertiary alicyclic amines) is 2. The minimum atomic E-state index is 0.672. The van der Waals surface area contributed by atoms with Crippen molar-refractivity contribution in [3.63, 3.8) is 0 Å². The maximum atomic E-state index is 2.70. The molecule has 3 heterocycles. The summed E-state index contributed by atoms with van der Waals surface area (Å²) in [6, 6.07) is 2.27. The smallest absolute Gasteiger partial charge is 0.0242 e. The molecule has 0 atom stereocenters. The maximum absolute atomic E-state index is 2.70. The van der Waals surface area contributed by atoms with Gasteiger partial charge in [0.15, 0.2) is 0 Å². The van der Waals surface area contributed by atoms with Crippen molar-refractivity contribution in [2.75, 3.05) is 32.7 Å². The Balaban J connectivity index is 1.28. The van der Waals surface area contributed by atoms with Crippen LogP contribution in [0.25, 0.3) is 0 Å². The van der Waals surface area contributed by atoms with Crippen molar-refractivity contribution < 1.29 is 0 Å². The van der Waals surface area contributed by atoms with Crippen LogP contribution in [0.2, 0.25) is 0 Å². The molecule has 0 amide bonds. The highest BCUT2D eigenvalue weighted by Crippen LogP contribution is 2.42. The summed E-state index contributed by atoms with van der Waals surface area (Å²) in [5.41, 5.74) is 2.18. The second-order valence-corrected chi connectivity index (χ2v) is 7.49. The molecule has 0 unspecified atom stereocenters. The maximum Gasteiger partial charge on any atom is 0.0242 e. The zero-order valence-corrected chi connectivity index (χ0v) is 11.8. The van der Waals surface area contributed by atoms with Crippen molar-refractivity contribution in [1.29, 1.82) is 0 Å². The normalized spacial score (nSPS) is 27.8. The molecule has 2 nitrogen and oxygen atoms in total. The van der Waals surface area contributed by atoms with Gasteiger partial charge in [0.2, 0.25) is 0 Å². The van der Waals surface area contributed by atoms with Crippen LogP contribution in [0.4, 0.5) is 0 Å². The fraction of sp³-hybridized carbons (Fsp3) is 0.733. The van der Waals surface area contributed by atoms with E-state index in [1.807, 2.05) is 11.3 Å². The van der Waals surface area contributed by atoms with Gasteiger partial charge < -0.3 is 4.90 Å². The molecule has 1 aromatic rings. The Morgan fingerprint density at radius 3 is 2.78 bits per heavy atom. The van der Waals surface area contributed by atoms with Crippen molar-refractivity contribution >= 4 is 11.3 Å². The molecule has 3 fully saturated rings. The van der Waals surface area contributed by atoms with Crippen molar-refractivity contribution in [2.24, 2.45) is 11.3 Å². The summed E-state index contributed by atoms with van der Waals surface area (Å²) in [4.78, 5) is 5.36. The minimum Gasteiger partial charge on any atom is -0.302 e. The Bertz CT molecular complexity index is 404. The molecule has 0 N–H and O–H groups in total. The minimum absolute atomic E-state index is 0.672. The van der Waals surface area contributed by atoms with E-state index in [-0.39, 0.29) is 0 Å². The Morgan fingerprint density at radius 2 is 2.06 bits per heavy atom. The van der Waals surface area contributed by atoms with Gasteiger partial charge in [0, 0.05) is 38.1 Å². The molecule has 3 aliphatic rings. The first kappa shape index (κ1) is 11.4. The third-order valence-corrected chi connectivity index (χ3v) is 5.57. The van der Waals surface area contributed by atoms with Gasteiger partial charge in [0.05, 0.1) is 0 Å². The number of rotatable bonds is 4. The van der Waals surface area contributed by atoms with Crippen molar-refractivity contribution in [1.82, 2.24) is 9.80 Å². The summed E-state index contributed by atoms with van der Waals surface area (Å²) in [7, 11) is 0. The van der Waals surface area contributed by atoms with Gasteiger partial charge in [-0.15, -0.1) is 0 Å². The summed E-state index contributed by atoms with van der Waals surface area (Å²) in [6.07, 6.45) is 4.42. The second-order valence-electron chi connectivity index (χ2n) is 6.71. The Kier molecular flexibility index (Phi) is 2.75. The molecular weight excluding hydrogens is 240 g/mol. The fourth-order valence-electron chi connectivity index (χ4n) is 3.76.